The van der Waals surface area contributed by atoms with Gasteiger partial charge in [-0.25, -0.2) is 0 Å². The lowest BCUT2D eigenvalue weighted by Crippen LogP contribution is -2.05. The van der Waals surface area contributed by atoms with Crippen molar-refractivity contribution in [2.75, 3.05) is 0 Å². The smallest absolute Gasteiger partial charge is 0.0117 e. The third kappa shape index (κ3) is 12.7. The normalized spacial score (nSPS) is 13.8. The van der Waals surface area contributed by atoms with E-state index >= 15 is 0 Å². The standard InChI is InChI=1S/C32H38.C28H32.C22H26/c1-19-17-27-9-13-29(19)14-10-28-12-16-30(15-11-27)31(18-28)23(5)26(8)32-24(6)21(3)20(2)22(4)25(32)7;1-17-15-23-7-11-25(17)12-8-24-10-14-26(13-9-23)27(16-24)28-21(5)19(3)18(2)20(4)22(28)6;1-15(2)17(4)22-14-19-6-10-20-9-5-18(13-16(20)3)7-11-21(22)12-8-19/h9,12-13,16-18H,10-11,14-15H2,1-8H3;7,10-11,14-16H,8-9,12-13H2,1-6H3;5,8-9,12-14H,6-7,10-11H2,1-4H3/b26-23+;;. The van der Waals surface area contributed by atoms with E-state index in [4.69, 9.17) is 0 Å². The second kappa shape index (κ2) is 25.4. The molecule has 0 heterocycles. The fourth-order valence-electron chi connectivity index (χ4n) is 13.8. The predicted octanol–water partition coefficient (Wildman–Crippen LogP) is 21.2. The van der Waals surface area contributed by atoms with Crippen molar-refractivity contribution in [3.63, 3.8) is 0 Å². The molecule has 0 atom stereocenters. The number of allylic oxidation sites excluding steroid dienone is 4. The van der Waals surface area contributed by atoms with Gasteiger partial charge in [-0.2, -0.15) is 0 Å². The van der Waals surface area contributed by atoms with Gasteiger partial charge in [-0.1, -0.05) is 115 Å². The first-order valence-electron chi connectivity index (χ1n) is 31.2. The highest BCUT2D eigenvalue weighted by Crippen LogP contribution is 2.39. The van der Waals surface area contributed by atoms with Crippen molar-refractivity contribution >= 4 is 16.7 Å². The van der Waals surface area contributed by atoms with Crippen LogP contribution in [0.1, 0.15) is 190 Å². The fraction of sp³-hybridized carbons (Fsp3) is 0.366. The molecule has 0 fully saturated rings. The van der Waals surface area contributed by atoms with E-state index in [1.807, 2.05) is 0 Å². The van der Waals surface area contributed by atoms with E-state index in [-0.39, 0.29) is 0 Å². The molecule has 0 N–H and O–H groups in total. The summed E-state index contributed by atoms with van der Waals surface area (Å²) in [5, 5.41) is 0. The first kappa shape index (κ1) is 59.8. The van der Waals surface area contributed by atoms with Crippen LogP contribution in [0.15, 0.2) is 115 Å². The molecule has 0 spiro atoms. The number of rotatable bonds is 4. The number of benzene rings is 8. The zero-order valence-corrected chi connectivity index (χ0v) is 53.9. The number of aryl methyl sites for hydroxylation is 15. The summed E-state index contributed by atoms with van der Waals surface area (Å²) < 4.78 is 0. The molecule has 0 radical (unpaired) electrons. The van der Waals surface area contributed by atoms with Crippen LogP contribution in [0.5, 0.6) is 0 Å². The SMILES string of the molecule is C/C(=C(/C)c1c(C)c(C)c(C)c(C)c1C)c1cc2ccc1CCc1ccc(c(C)c1)CC2.CC(C)=C(C)c1cc2ccc1CCc1ccc(c(C)c1)CC2.Cc1cc2ccc1CCc1ccc(c(-c3c(C)c(C)c(C)c(C)c3C)c1)CC2. The molecule has 0 nitrogen and oxygen atoms in total. The van der Waals surface area contributed by atoms with E-state index < -0.39 is 0 Å². The van der Waals surface area contributed by atoms with Crippen LogP contribution in [0.3, 0.4) is 0 Å². The number of hydrogen-bond donors (Lipinski definition) is 0. The summed E-state index contributed by atoms with van der Waals surface area (Å²) in [5.41, 5.74) is 49.4. The second-order valence-electron chi connectivity index (χ2n) is 25.6. The molecule has 0 saturated heterocycles. The first-order valence-corrected chi connectivity index (χ1v) is 31.2. The van der Waals surface area contributed by atoms with Crippen molar-refractivity contribution in [2.24, 2.45) is 0 Å². The maximum Gasteiger partial charge on any atom is -0.0117 e. The van der Waals surface area contributed by atoms with Gasteiger partial charge in [-0.3, -0.25) is 0 Å². The minimum Gasteiger partial charge on any atom is -0.0729 e. The molecule has 8 aromatic carbocycles. The monoisotopic (exact) mass is 1080 g/mol. The van der Waals surface area contributed by atoms with Crippen LogP contribution in [0, 0.1) is 90.0 Å². The largest absolute Gasteiger partial charge is 0.0729 e. The number of hydrogen-bond acceptors (Lipinski definition) is 0. The highest BCUT2D eigenvalue weighted by Gasteiger charge is 2.21. The van der Waals surface area contributed by atoms with Crippen molar-refractivity contribution < 1.29 is 0 Å². The van der Waals surface area contributed by atoms with Crippen LogP contribution in [-0.4, -0.2) is 0 Å². The molecule has 12 aliphatic rings. The molecular formula is C82H96. The van der Waals surface area contributed by atoms with Crippen LogP contribution in [-0.2, 0) is 77.0 Å². The van der Waals surface area contributed by atoms with Crippen molar-refractivity contribution in [1.29, 1.82) is 0 Å². The van der Waals surface area contributed by atoms with Gasteiger partial charge < -0.3 is 0 Å². The minimum atomic E-state index is 1.09. The van der Waals surface area contributed by atoms with Gasteiger partial charge in [0.2, 0.25) is 0 Å². The highest BCUT2D eigenvalue weighted by atomic mass is 14.3. The Morgan fingerprint density at radius 3 is 0.890 bits per heavy atom. The van der Waals surface area contributed by atoms with Gasteiger partial charge in [0, 0.05) is 0 Å². The zero-order valence-electron chi connectivity index (χ0n) is 53.9. The Morgan fingerprint density at radius 2 is 0.524 bits per heavy atom. The van der Waals surface area contributed by atoms with Crippen molar-refractivity contribution in [1.82, 2.24) is 0 Å². The molecular weight excluding hydrogens is 985 g/mol. The molecule has 0 aromatic heterocycles. The summed E-state index contributed by atoms with van der Waals surface area (Å²) in [5.74, 6) is 0. The Labute approximate surface area is 497 Å². The van der Waals surface area contributed by atoms with Crippen molar-refractivity contribution in [3.05, 3.63) is 271 Å². The van der Waals surface area contributed by atoms with Crippen LogP contribution < -0.4 is 0 Å². The first-order chi connectivity index (χ1) is 39.1. The molecule has 82 heavy (non-hydrogen) atoms. The lowest BCUT2D eigenvalue weighted by atomic mass is 9.82. The third-order valence-corrected chi connectivity index (χ3v) is 20.6. The van der Waals surface area contributed by atoms with E-state index in [1.54, 1.807) is 0 Å². The van der Waals surface area contributed by atoms with Crippen LogP contribution in [0.4, 0.5) is 0 Å². The summed E-state index contributed by atoms with van der Waals surface area (Å²) >= 11 is 0. The van der Waals surface area contributed by atoms with Gasteiger partial charge in [-0.15, -0.1) is 0 Å². The Kier molecular flexibility index (Phi) is 18.5. The van der Waals surface area contributed by atoms with E-state index in [9.17, 15) is 0 Å². The Bertz CT molecular complexity index is 3750. The molecule has 0 heteroatoms. The van der Waals surface area contributed by atoms with Crippen molar-refractivity contribution in [2.45, 2.75) is 202 Å². The maximum atomic E-state index is 2.49. The Balaban J connectivity index is 0.000000151. The molecule has 0 aliphatic heterocycles. The van der Waals surface area contributed by atoms with Gasteiger partial charge in [0.05, 0.1) is 0 Å². The third-order valence-electron chi connectivity index (χ3n) is 20.6. The summed E-state index contributed by atoms with van der Waals surface area (Å²) in [7, 11) is 0. The highest BCUT2D eigenvalue weighted by molar-refractivity contribution is 5.92. The zero-order chi connectivity index (χ0) is 58.8. The second-order valence-corrected chi connectivity index (χ2v) is 25.6. The topological polar surface area (TPSA) is 0 Å². The van der Waals surface area contributed by atoms with Crippen LogP contribution in [0.25, 0.3) is 27.8 Å². The summed E-state index contributed by atoms with van der Waals surface area (Å²) in [6.45, 7) is 41.0. The molecule has 424 valence electrons. The fourth-order valence-corrected chi connectivity index (χ4v) is 13.8. The minimum absolute atomic E-state index is 1.09. The maximum absolute atomic E-state index is 2.49. The molecule has 12 bridgehead atoms. The molecule has 20 rings (SSSR count). The summed E-state index contributed by atoms with van der Waals surface area (Å²) in [6.07, 6.45) is 13.3. The van der Waals surface area contributed by atoms with Gasteiger partial charge in [-0.05, 0) is 385 Å². The Hall–Kier alpha value is -6.76. The predicted molar refractivity (Wildman–Crippen MR) is 359 cm³/mol. The molecule has 0 amide bonds. The van der Waals surface area contributed by atoms with Gasteiger partial charge >= 0.3 is 0 Å². The van der Waals surface area contributed by atoms with E-state index in [0.717, 1.165) is 77.0 Å². The summed E-state index contributed by atoms with van der Waals surface area (Å²) in [6, 6.07) is 42.8. The molecule has 0 saturated carbocycles. The van der Waals surface area contributed by atoms with Crippen molar-refractivity contribution in [3.8, 4) is 11.1 Å². The molecule has 12 aliphatic carbocycles. The lowest BCUT2D eigenvalue weighted by molar-refractivity contribution is 0.909. The van der Waals surface area contributed by atoms with Crippen LogP contribution in [0.2, 0.25) is 0 Å². The van der Waals surface area contributed by atoms with Gasteiger partial charge in [0.25, 0.3) is 0 Å². The summed E-state index contributed by atoms with van der Waals surface area (Å²) in [4.78, 5) is 0. The molecule has 0 unspecified atom stereocenters. The van der Waals surface area contributed by atoms with Crippen LogP contribution >= 0.6 is 0 Å². The Morgan fingerprint density at radius 1 is 0.244 bits per heavy atom. The van der Waals surface area contributed by atoms with E-state index in [0.29, 0.717) is 0 Å². The molecule has 8 aromatic rings. The van der Waals surface area contributed by atoms with E-state index in [1.165, 1.54) is 189 Å². The lowest BCUT2D eigenvalue weighted by Gasteiger charge is -2.22. The quantitative estimate of drug-likeness (QED) is 0.154. The van der Waals surface area contributed by atoms with Gasteiger partial charge in [0.15, 0.2) is 0 Å². The average molecular weight is 1080 g/mol. The average Bonchev–Trinajstić information content (AvgIpc) is 3.59. The van der Waals surface area contributed by atoms with Gasteiger partial charge in [0.1, 0.15) is 0 Å². The van der Waals surface area contributed by atoms with E-state index in [2.05, 4.69) is 234 Å².